The molecule has 2 fully saturated rings. The standard InChI is InChI=1S/C30H42N2O6/c1-14-12-29-15(2)10-20-22(28(20,8)9)19(24(29)35)11-18(13-33)23(34)30(29,37)25(14)38-26(36)21-16(3)31-32(17(21)4)27(5,6)7/h11-12,15,19-20,22-23,25,33-34,37H,10,13H2,1-9H3/t15-,19+,20-,22+,23-,25+,29+,30+/m1/s1. The zero-order valence-corrected chi connectivity index (χ0v) is 24.0. The number of hydrogen-bond acceptors (Lipinski definition) is 7. The van der Waals surface area contributed by atoms with Crippen LogP contribution in [0.5, 0.6) is 0 Å². The number of hydrogen-bond donors (Lipinski definition) is 3. The Morgan fingerprint density at radius 3 is 2.42 bits per heavy atom. The zero-order valence-electron chi connectivity index (χ0n) is 24.0. The molecule has 0 amide bonds. The maximum Gasteiger partial charge on any atom is 0.342 e. The van der Waals surface area contributed by atoms with E-state index in [0.717, 1.165) is 0 Å². The van der Waals surface area contributed by atoms with E-state index < -0.39 is 41.7 Å². The second-order valence-corrected chi connectivity index (χ2v) is 13.8. The number of allylic oxidation sites excluding steroid dienone is 1. The van der Waals surface area contributed by atoms with E-state index in [-0.39, 0.29) is 40.1 Å². The molecule has 0 unspecified atom stereocenters. The first kappa shape index (κ1) is 27.3. The van der Waals surface area contributed by atoms with Crippen molar-refractivity contribution in [3.8, 4) is 0 Å². The van der Waals surface area contributed by atoms with Gasteiger partial charge in [-0.15, -0.1) is 0 Å². The van der Waals surface area contributed by atoms with E-state index in [2.05, 4.69) is 18.9 Å². The minimum Gasteiger partial charge on any atom is -0.451 e. The monoisotopic (exact) mass is 526 g/mol. The number of nitrogens with zero attached hydrogens (tertiary/aromatic N) is 2. The molecule has 2 bridgehead atoms. The summed E-state index contributed by atoms with van der Waals surface area (Å²) in [6, 6.07) is 0. The number of aryl methyl sites for hydroxylation is 1. The number of ether oxygens (including phenoxy) is 1. The average molecular weight is 527 g/mol. The number of aliphatic hydroxyl groups excluding tert-OH is 2. The number of aromatic nitrogens is 2. The van der Waals surface area contributed by atoms with E-state index >= 15 is 0 Å². The van der Waals surface area contributed by atoms with E-state index in [4.69, 9.17) is 4.74 Å². The highest BCUT2D eigenvalue weighted by molar-refractivity contribution is 5.96. The summed E-state index contributed by atoms with van der Waals surface area (Å²) in [5, 5.41) is 39.1. The number of Topliss-reactive ketones (excluding diaryl/α,β-unsaturated/α-hetero) is 1. The van der Waals surface area contributed by atoms with Gasteiger partial charge in [0.15, 0.2) is 17.5 Å². The van der Waals surface area contributed by atoms with Crippen LogP contribution in [-0.4, -0.2) is 61.3 Å². The maximum absolute atomic E-state index is 14.5. The summed E-state index contributed by atoms with van der Waals surface area (Å²) in [6.45, 7) is 17.0. The minimum atomic E-state index is -2.16. The highest BCUT2D eigenvalue weighted by atomic mass is 16.6. The summed E-state index contributed by atoms with van der Waals surface area (Å²) in [5.41, 5.74) is -1.86. The van der Waals surface area contributed by atoms with Crippen molar-refractivity contribution >= 4 is 11.8 Å². The molecule has 0 radical (unpaired) electrons. The van der Waals surface area contributed by atoms with Crippen LogP contribution in [0.15, 0.2) is 23.3 Å². The first-order valence-corrected chi connectivity index (χ1v) is 13.7. The van der Waals surface area contributed by atoms with E-state index in [1.54, 1.807) is 37.6 Å². The van der Waals surface area contributed by atoms with E-state index in [1.807, 2.05) is 27.7 Å². The Morgan fingerprint density at radius 2 is 1.87 bits per heavy atom. The van der Waals surface area contributed by atoms with Gasteiger partial charge in [-0.05, 0) is 82.3 Å². The average Bonchev–Trinajstić information content (AvgIpc) is 3.11. The van der Waals surface area contributed by atoms with Gasteiger partial charge in [-0.3, -0.25) is 9.48 Å². The third-order valence-corrected chi connectivity index (χ3v) is 10.3. The van der Waals surface area contributed by atoms with Crippen molar-refractivity contribution in [2.24, 2.45) is 34.5 Å². The lowest BCUT2D eigenvalue weighted by Crippen LogP contribution is -2.65. The molecule has 0 aliphatic heterocycles. The fourth-order valence-corrected chi connectivity index (χ4v) is 8.35. The van der Waals surface area contributed by atoms with Crippen LogP contribution in [0.3, 0.4) is 0 Å². The molecular weight excluding hydrogens is 484 g/mol. The van der Waals surface area contributed by atoms with Crippen molar-refractivity contribution in [3.63, 3.8) is 0 Å². The lowest BCUT2D eigenvalue weighted by Gasteiger charge is -2.48. The van der Waals surface area contributed by atoms with Crippen molar-refractivity contribution in [1.29, 1.82) is 0 Å². The van der Waals surface area contributed by atoms with Crippen molar-refractivity contribution < 1.29 is 29.6 Å². The first-order valence-electron chi connectivity index (χ1n) is 13.7. The Morgan fingerprint density at radius 1 is 1.24 bits per heavy atom. The molecule has 0 saturated heterocycles. The molecule has 1 heterocycles. The number of fused-ring (bicyclic) bond motifs is 3. The van der Waals surface area contributed by atoms with Gasteiger partial charge >= 0.3 is 5.97 Å². The smallest absolute Gasteiger partial charge is 0.342 e. The molecule has 2 saturated carbocycles. The second-order valence-electron chi connectivity index (χ2n) is 13.8. The lowest BCUT2D eigenvalue weighted by atomic mass is 9.59. The highest BCUT2D eigenvalue weighted by Crippen LogP contribution is 2.71. The van der Waals surface area contributed by atoms with Crippen molar-refractivity contribution in [3.05, 3.63) is 40.2 Å². The van der Waals surface area contributed by atoms with Gasteiger partial charge in [0.25, 0.3) is 0 Å². The summed E-state index contributed by atoms with van der Waals surface area (Å²) in [4.78, 5) is 28.2. The quantitative estimate of drug-likeness (QED) is 0.408. The zero-order chi connectivity index (χ0) is 28.3. The fraction of sp³-hybridized carbons (Fsp3) is 0.700. The Bertz CT molecular complexity index is 1280. The van der Waals surface area contributed by atoms with Crippen LogP contribution < -0.4 is 0 Å². The number of rotatable bonds is 3. The highest BCUT2D eigenvalue weighted by Gasteiger charge is 2.76. The molecule has 1 aromatic rings. The fourth-order valence-electron chi connectivity index (χ4n) is 8.35. The van der Waals surface area contributed by atoms with Crippen LogP contribution in [0.4, 0.5) is 0 Å². The molecule has 1 spiro atoms. The van der Waals surface area contributed by atoms with Gasteiger partial charge in [0.1, 0.15) is 11.7 Å². The molecule has 38 heavy (non-hydrogen) atoms. The van der Waals surface area contributed by atoms with Crippen molar-refractivity contribution in [2.75, 3.05) is 6.61 Å². The van der Waals surface area contributed by atoms with Crippen LogP contribution in [0.1, 0.15) is 76.6 Å². The molecule has 0 aromatic carbocycles. The number of ketones is 1. The molecule has 8 nitrogen and oxygen atoms in total. The van der Waals surface area contributed by atoms with Gasteiger partial charge in [0.2, 0.25) is 0 Å². The first-order chi connectivity index (χ1) is 17.5. The van der Waals surface area contributed by atoms with E-state index in [0.29, 0.717) is 28.9 Å². The molecule has 3 N–H and O–H groups in total. The van der Waals surface area contributed by atoms with Crippen molar-refractivity contribution in [1.82, 2.24) is 9.78 Å². The summed E-state index contributed by atoms with van der Waals surface area (Å²) < 4.78 is 7.83. The minimum absolute atomic E-state index is 0.0494. The van der Waals surface area contributed by atoms with Crippen LogP contribution >= 0.6 is 0 Å². The summed E-state index contributed by atoms with van der Waals surface area (Å²) in [6.07, 6.45) is 1.27. The lowest BCUT2D eigenvalue weighted by molar-refractivity contribution is -0.190. The Labute approximate surface area is 224 Å². The molecule has 8 heteroatoms. The Hall–Kier alpha value is -2.29. The molecular formula is C30H42N2O6. The van der Waals surface area contributed by atoms with Crippen LogP contribution in [0.2, 0.25) is 0 Å². The molecule has 5 rings (SSSR count). The molecule has 1 aromatic heterocycles. The molecule has 208 valence electrons. The number of esters is 1. The Balaban J connectivity index is 1.62. The van der Waals surface area contributed by atoms with Crippen LogP contribution in [0.25, 0.3) is 0 Å². The summed E-state index contributed by atoms with van der Waals surface area (Å²) in [7, 11) is 0. The third kappa shape index (κ3) is 3.23. The molecule has 4 aliphatic carbocycles. The number of aliphatic hydroxyl groups is 3. The summed E-state index contributed by atoms with van der Waals surface area (Å²) in [5.74, 6) is -1.34. The number of carbonyl (C=O) groups excluding carboxylic acids is 2. The van der Waals surface area contributed by atoms with Gasteiger partial charge in [-0.2, -0.15) is 5.10 Å². The van der Waals surface area contributed by atoms with Crippen LogP contribution in [-0.2, 0) is 15.1 Å². The third-order valence-electron chi connectivity index (χ3n) is 10.3. The van der Waals surface area contributed by atoms with Gasteiger partial charge in [-0.25, -0.2) is 4.79 Å². The molecule has 4 aliphatic rings. The normalized spacial score (nSPS) is 39.4. The van der Waals surface area contributed by atoms with Crippen molar-refractivity contribution in [2.45, 2.75) is 92.1 Å². The summed E-state index contributed by atoms with van der Waals surface area (Å²) >= 11 is 0. The SMILES string of the molecule is CC1=C[C@]23C(=O)[C@@H](C=C(CO)[C@@H](O)[C@]2(O)[C@H]1OC(=O)c1c(C)nn(C(C)(C)C)c1C)[C@H]1[C@@H](C[C@H]3C)C1(C)C. The second kappa shape index (κ2) is 8.12. The molecule has 8 atom stereocenters. The predicted molar refractivity (Wildman–Crippen MR) is 141 cm³/mol. The van der Waals surface area contributed by atoms with E-state index in [1.165, 1.54) is 0 Å². The largest absolute Gasteiger partial charge is 0.451 e. The maximum atomic E-state index is 14.5. The van der Waals surface area contributed by atoms with E-state index in [9.17, 15) is 24.9 Å². The van der Waals surface area contributed by atoms with Gasteiger partial charge < -0.3 is 20.1 Å². The van der Waals surface area contributed by atoms with Gasteiger partial charge in [-0.1, -0.05) is 32.9 Å². The van der Waals surface area contributed by atoms with Gasteiger partial charge in [0, 0.05) is 5.92 Å². The van der Waals surface area contributed by atoms with Gasteiger partial charge in [0.05, 0.1) is 28.9 Å². The Kier molecular flexibility index (Phi) is 5.83. The number of carbonyl (C=O) groups is 2. The van der Waals surface area contributed by atoms with Crippen LogP contribution in [0, 0.1) is 48.3 Å². The predicted octanol–water partition coefficient (Wildman–Crippen LogP) is 3.25. The topological polar surface area (TPSA) is 122 Å².